The van der Waals surface area contributed by atoms with E-state index in [1.54, 1.807) is 0 Å². The number of rotatable bonds is 7. The van der Waals surface area contributed by atoms with Crippen LogP contribution in [0.5, 0.6) is 0 Å². The van der Waals surface area contributed by atoms with E-state index in [0.29, 0.717) is 11.5 Å². The lowest BCUT2D eigenvalue weighted by Gasteiger charge is -2.25. The molecule has 1 nitrogen and oxygen atoms in total. The molecule has 0 aliphatic heterocycles. The van der Waals surface area contributed by atoms with Gasteiger partial charge in [-0.15, -0.1) is 11.3 Å². The summed E-state index contributed by atoms with van der Waals surface area (Å²) in [7, 11) is 0. The second-order valence-corrected chi connectivity index (χ2v) is 8.65. The Bertz CT molecular complexity index is 349. The topological polar surface area (TPSA) is 12.0 Å². The summed E-state index contributed by atoms with van der Waals surface area (Å²) in [6.45, 7) is 12.5. The van der Waals surface area contributed by atoms with Crippen LogP contribution in [-0.4, -0.2) is 12.6 Å². The molecule has 0 aliphatic rings. The standard InChI is InChI=1S/C15H26BrNS/c1-11(2)17-9-8-15(4,5)7-6-13-10-12(3)14(16)18-13/h10-11,17H,6-9H2,1-5H3. The van der Waals surface area contributed by atoms with Gasteiger partial charge < -0.3 is 5.32 Å². The van der Waals surface area contributed by atoms with Crippen molar-refractivity contribution in [2.75, 3.05) is 6.54 Å². The summed E-state index contributed by atoms with van der Waals surface area (Å²) in [4.78, 5) is 1.50. The highest BCUT2D eigenvalue weighted by Crippen LogP contribution is 2.32. The van der Waals surface area contributed by atoms with E-state index in [1.807, 2.05) is 11.3 Å². The molecule has 1 heterocycles. The lowest BCUT2D eigenvalue weighted by atomic mass is 9.84. The molecule has 0 spiro atoms. The lowest BCUT2D eigenvalue weighted by Crippen LogP contribution is -2.27. The summed E-state index contributed by atoms with van der Waals surface area (Å²) >= 11 is 5.49. The van der Waals surface area contributed by atoms with E-state index in [-0.39, 0.29) is 0 Å². The molecular formula is C15H26BrNS. The van der Waals surface area contributed by atoms with E-state index < -0.39 is 0 Å². The SMILES string of the molecule is Cc1cc(CCC(C)(C)CCNC(C)C)sc1Br. The van der Waals surface area contributed by atoms with Gasteiger partial charge in [0, 0.05) is 10.9 Å². The van der Waals surface area contributed by atoms with Crippen molar-refractivity contribution >= 4 is 27.3 Å². The molecule has 1 aromatic rings. The van der Waals surface area contributed by atoms with Crippen LogP contribution in [0.2, 0.25) is 0 Å². The summed E-state index contributed by atoms with van der Waals surface area (Å²) in [6, 6.07) is 2.91. The molecule has 0 radical (unpaired) electrons. The molecule has 0 saturated heterocycles. The van der Waals surface area contributed by atoms with Crippen molar-refractivity contribution in [1.82, 2.24) is 5.32 Å². The Morgan fingerprint density at radius 3 is 2.50 bits per heavy atom. The molecule has 0 saturated carbocycles. The highest BCUT2D eigenvalue weighted by Gasteiger charge is 2.18. The van der Waals surface area contributed by atoms with Crippen LogP contribution in [0.3, 0.4) is 0 Å². The average molecular weight is 332 g/mol. The fourth-order valence-corrected chi connectivity index (χ4v) is 3.56. The van der Waals surface area contributed by atoms with Crippen LogP contribution in [0, 0.1) is 12.3 Å². The number of nitrogens with one attached hydrogen (secondary N) is 1. The van der Waals surface area contributed by atoms with Crippen LogP contribution in [-0.2, 0) is 6.42 Å². The minimum atomic E-state index is 0.423. The number of thiophene rings is 1. The van der Waals surface area contributed by atoms with Crippen LogP contribution in [0.15, 0.2) is 9.85 Å². The van der Waals surface area contributed by atoms with Gasteiger partial charge in [0.1, 0.15) is 0 Å². The zero-order valence-electron chi connectivity index (χ0n) is 12.3. The molecular weight excluding hydrogens is 306 g/mol. The summed E-state index contributed by atoms with van der Waals surface area (Å²) in [5.41, 5.74) is 1.79. The number of halogens is 1. The molecule has 1 N–H and O–H groups in total. The third-order valence-electron chi connectivity index (χ3n) is 3.31. The van der Waals surface area contributed by atoms with Crippen molar-refractivity contribution in [1.29, 1.82) is 0 Å². The van der Waals surface area contributed by atoms with Crippen LogP contribution >= 0.6 is 27.3 Å². The Labute approximate surface area is 125 Å². The first-order valence-corrected chi connectivity index (χ1v) is 8.39. The van der Waals surface area contributed by atoms with Gasteiger partial charge in [-0.2, -0.15) is 0 Å². The smallest absolute Gasteiger partial charge is 0.0730 e. The average Bonchev–Trinajstić information content (AvgIpc) is 2.55. The monoisotopic (exact) mass is 331 g/mol. The molecule has 0 atom stereocenters. The third kappa shape index (κ3) is 5.85. The Balaban J connectivity index is 2.36. The van der Waals surface area contributed by atoms with E-state index in [0.717, 1.165) is 6.54 Å². The predicted octanol–water partition coefficient (Wildman–Crippen LogP) is 5.17. The second kappa shape index (κ2) is 7.06. The van der Waals surface area contributed by atoms with Crippen LogP contribution in [0.25, 0.3) is 0 Å². The molecule has 1 aromatic heterocycles. The Morgan fingerprint density at radius 1 is 1.33 bits per heavy atom. The van der Waals surface area contributed by atoms with Gasteiger partial charge in [0.05, 0.1) is 3.79 Å². The molecule has 104 valence electrons. The normalized spacial score (nSPS) is 12.4. The maximum Gasteiger partial charge on any atom is 0.0730 e. The summed E-state index contributed by atoms with van der Waals surface area (Å²) in [5.74, 6) is 0. The van der Waals surface area contributed by atoms with Crippen molar-refractivity contribution in [3.8, 4) is 0 Å². The van der Waals surface area contributed by atoms with Gasteiger partial charge >= 0.3 is 0 Å². The zero-order chi connectivity index (χ0) is 13.8. The van der Waals surface area contributed by atoms with Crippen LogP contribution in [0.4, 0.5) is 0 Å². The summed E-state index contributed by atoms with van der Waals surface area (Å²) < 4.78 is 1.29. The Hall–Kier alpha value is 0.140. The summed E-state index contributed by atoms with van der Waals surface area (Å²) in [6.07, 6.45) is 3.71. The highest BCUT2D eigenvalue weighted by molar-refractivity contribution is 9.11. The maximum atomic E-state index is 3.60. The van der Waals surface area contributed by atoms with Gasteiger partial charge in [-0.3, -0.25) is 0 Å². The quantitative estimate of drug-likeness (QED) is 0.727. The fraction of sp³-hybridized carbons (Fsp3) is 0.733. The van der Waals surface area contributed by atoms with Crippen LogP contribution in [0.1, 0.15) is 51.0 Å². The van der Waals surface area contributed by atoms with Crippen molar-refractivity contribution in [2.24, 2.45) is 5.41 Å². The van der Waals surface area contributed by atoms with Gasteiger partial charge in [-0.05, 0) is 65.7 Å². The van der Waals surface area contributed by atoms with E-state index in [9.17, 15) is 0 Å². The molecule has 0 aliphatic carbocycles. The molecule has 0 amide bonds. The second-order valence-electron chi connectivity index (χ2n) is 6.19. The maximum absolute atomic E-state index is 3.60. The Kier molecular flexibility index (Phi) is 6.36. The molecule has 3 heteroatoms. The minimum absolute atomic E-state index is 0.423. The Morgan fingerprint density at radius 2 is 2.00 bits per heavy atom. The van der Waals surface area contributed by atoms with E-state index in [4.69, 9.17) is 0 Å². The largest absolute Gasteiger partial charge is 0.315 e. The van der Waals surface area contributed by atoms with Gasteiger partial charge in [0.25, 0.3) is 0 Å². The van der Waals surface area contributed by atoms with E-state index >= 15 is 0 Å². The van der Waals surface area contributed by atoms with Crippen LogP contribution < -0.4 is 5.32 Å². The summed E-state index contributed by atoms with van der Waals surface area (Å²) in [5, 5.41) is 3.51. The first-order chi connectivity index (χ1) is 8.30. The van der Waals surface area contributed by atoms with Gasteiger partial charge in [0.2, 0.25) is 0 Å². The van der Waals surface area contributed by atoms with E-state index in [1.165, 1.54) is 33.5 Å². The van der Waals surface area contributed by atoms with Crippen molar-refractivity contribution in [3.05, 3.63) is 20.3 Å². The molecule has 18 heavy (non-hydrogen) atoms. The van der Waals surface area contributed by atoms with Crippen molar-refractivity contribution < 1.29 is 0 Å². The number of aryl methyl sites for hydroxylation is 2. The highest BCUT2D eigenvalue weighted by atomic mass is 79.9. The number of hydrogen-bond acceptors (Lipinski definition) is 2. The molecule has 1 rings (SSSR count). The minimum Gasteiger partial charge on any atom is -0.315 e. The van der Waals surface area contributed by atoms with E-state index in [2.05, 4.69) is 61.9 Å². The molecule has 0 aromatic carbocycles. The fourth-order valence-electron chi connectivity index (χ4n) is 1.93. The van der Waals surface area contributed by atoms with Gasteiger partial charge in [0.15, 0.2) is 0 Å². The zero-order valence-corrected chi connectivity index (χ0v) is 14.7. The predicted molar refractivity (Wildman–Crippen MR) is 86.6 cm³/mol. The van der Waals surface area contributed by atoms with Gasteiger partial charge in [-0.25, -0.2) is 0 Å². The molecule has 0 fully saturated rings. The number of hydrogen-bond donors (Lipinski definition) is 1. The first-order valence-electron chi connectivity index (χ1n) is 6.78. The molecule has 0 unspecified atom stereocenters. The third-order valence-corrected chi connectivity index (χ3v) is 5.51. The van der Waals surface area contributed by atoms with Gasteiger partial charge in [-0.1, -0.05) is 27.7 Å². The first kappa shape index (κ1) is 16.2. The lowest BCUT2D eigenvalue weighted by molar-refractivity contribution is 0.299. The van der Waals surface area contributed by atoms with Crippen molar-refractivity contribution in [3.63, 3.8) is 0 Å². The van der Waals surface area contributed by atoms with Crippen molar-refractivity contribution in [2.45, 2.75) is 59.9 Å². The molecule has 0 bridgehead atoms.